The molecule has 0 radical (unpaired) electrons. The lowest BCUT2D eigenvalue weighted by molar-refractivity contribution is -0.379. The van der Waals surface area contributed by atoms with Crippen LogP contribution in [0.1, 0.15) is 194 Å². The number of nitrogens with one attached hydrogen (secondary N) is 1. The van der Waals surface area contributed by atoms with Gasteiger partial charge in [-0.15, -0.1) is 0 Å². The fourth-order valence-electron chi connectivity index (χ4n) is 10.5. The van der Waals surface area contributed by atoms with Crippen molar-refractivity contribution in [2.45, 2.75) is 298 Å². The van der Waals surface area contributed by atoms with Crippen LogP contribution in [0.15, 0.2) is 97.2 Å². The quantitative estimate of drug-likeness (QED) is 0.0205. The molecule has 3 fully saturated rings. The lowest BCUT2D eigenvalue weighted by atomic mass is 9.96. The molecule has 0 aliphatic carbocycles. The Morgan fingerprint density at radius 2 is 0.793 bits per heavy atom. The van der Waals surface area contributed by atoms with Crippen molar-refractivity contribution < 1.29 is 89.4 Å². The van der Waals surface area contributed by atoms with E-state index in [4.69, 9.17) is 28.4 Å². The van der Waals surface area contributed by atoms with Crippen molar-refractivity contribution in [2.75, 3.05) is 26.4 Å². The SMILES string of the molecule is CC/C=C\C/C=C\C/C=C\C/C=C\C/C=C\C/C=C\C/C=C\CCCCCCCCCC(=O)NC(COC1OC(CO)C(OC2OC(CO)C(OC3OC(CO)C(O)C(O)C3O)C(O)C2O)C(O)C1O)C(O)/C=C/CCCCCCCCCCCCC. The lowest BCUT2D eigenvalue weighted by Gasteiger charge is -2.48. The first-order valence-electron chi connectivity index (χ1n) is 33.0. The summed E-state index contributed by atoms with van der Waals surface area (Å²) in [5.74, 6) is -0.292. The molecule has 19 heteroatoms. The van der Waals surface area contributed by atoms with Crippen molar-refractivity contribution in [3.8, 4) is 0 Å². The normalized spacial score (nSPS) is 29.2. The average Bonchev–Trinajstić information content (AvgIpc) is 1.69. The highest BCUT2D eigenvalue weighted by Crippen LogP contribution is 2.33. The molecule has 1 amide bonds. The van der Waals surface area contributed by atoms with Crippen LogP contribution in [0.3, 0.4) is 0 Å². The average molecular weight is 1230 g/mol. The van der Waals surface area contributed by atoms with E-state index in [1.54, 1.807) is 6.08 Å². The number of hydrogen-bond donors (Lipinski definition) is 12. The highest BCUT2D eigenvalue weighted by atomic mass is 16.8. The van der Waals surface area contributed by atoms with E-state index in [1.807, 2.05) is 6.08 Å². The maximum atomic E-state index is 13.4. The molecule has 0 aromatic rings. The monoisotopic (exact) mass is 1230 g/mol. The predicted molar refractivity (Wildman–Crippen MR) is 337 cm³/mol. The van der Waals surface area contributed by atoms with Gasteiger partial charge in [-0.05, 0) is 77.0 Å². The summed E-state index contributed by atoms with van der Waals surface area (Å²) in [7, 11) is 0. The molecule has 500 valence electrons. The lowest BCUT2D eigenvalue weighted by Crippen LogP contribution is -2.66. The van der Waals surface area contributed by atoms with Gasteiger partial charge >= 0.3 is 0 Å². The van der Waals surface area contributed by atoms with Gasteiger partial charge in [-0.1, -0.05) is 207 Å². The van der Waals surface area contributed by atoms with Gasteiger partial charge in [0.05, 0.1) is 38.6 Å². The molecule has 3 saturated heterocycles. The number of carbonyl (C=O) groups excluding carboxylic acids is 1. The van der Waals surface area contributed by atoms with Crippen LogP contribution < -0.4 is 5.32 Å². The van der Waals surface area contributed by atoms with Crippen LogP contribution in [0.5, 0.6) is 0 Å². The maximum absolute atomic E-state index is 13.4. The molecule has 3 rings (SSSR count). The van der Waals surface area contributed by atoms with Gasteiger partial charge in [0, 0.05) is 6.42 Å². The van der Waals surface area contributed by atoms with Crippen molar-refractivity contribution >= 4 is 5.91 Å². The van der Waals surface area contributed by atoms with Crippen molar-refractivity contribution in [1.29, 1.82) is 0 Å². The van der Waals surface area contributed by atoms with Crippen molar-refractivity contribution in [2.24, 2.45) is 0 Å². The smallest absolute Gasteiger partial charge is 0.220 e. The highest BCUT2D eigenvalue weighted by molar-refractivity contribution is 5.76. The summed E-state index contributed by atoms with van der Waals surface area (Å²) >= 11 is 0. The minimum absolute atomic E-state index is 0.224. The minimum Gasteiger partial charge on any atom is -0.394 e. The van der Waals surface area contributed by atoms with Crippen molar-refractivity contribution in [3.05, 3.63) is 97.2 Å². The second-order valence-electron chi connectivity index (χ2n) is 23.2. The van der Waals surface area contributed by atoms with Crippen LogP contribution in [-0.4, -0.2) is 193 Å². The van der Waals surface area contributed by atoms with Gasteiger partial charge in [0.25, 0.3) is 0 Å². The molecule has 3 aliphatic heterocycles. The molecular formula is C68H115NO18. The zero-order valence-electron chi connectivity index (χ0n) is 52.5. The Morgan fingerprint density at radius 3 is 1.24 bits per heavy atom. The number of aliphatic hydroxyl groups is 11. The van der Waals surface area contributed by atoms with E-state index in [2.05, 4.69) is 104 Å². The number of ether oxygens (including phenoxy) is 6. The molecule has 0 saturated carbocycles. The van der Waals surface area contributed by atoms with Gasteiger partial charge in [-0.2, -0.15) is 0 Å². The van der Waals surface area contributed by atoms with Crippen LogP contribution in [-0.2, 0) is 33.2 Å². The fourth-order valence-corrected chi connectivity index (χ4v) is 10.5. The van der Waals surface area contributed by atoms with Crippen LogP contribution >= 0.6 is 0 Å². The number of allylic oxidation sites excluding steroid dienone is 15. The van der Waals surface area contributed by atoms with Crippen LogP contribution in [0.25, 0.3) is 0 Å². The molecule has 0 aromatic carbocycles. The van der Waals surface area contributed by atoms with E-state index in [1.165, 1.54) is 51.4 Å². The Labute approximate surface area is 520 Å². The van der Waals surface area contributed by atoms with Crippen molar-refractivity contribution in [1.82, 2.24) is 5.32 Å². The molecule has 0 aromatic heterocycles. The third-order valence-electron chi connectivity index (χ3n) is 15.9. The number of hydrogen-bond acceptors (Lipinski definition) is 18. The molecular weight excluding hydrogens is 1120 g/mol. The van der Waals surface area contributed by atoms with Crippen LogP contribution in [0, 0.1) is 0 Å². The third-order valence-corrected chi connectivity index (χ3v) is 15.9. The summed E-state index contributed by atoms with van der Waals surface area (Å²) in [5, 5.41) is 120. The van der Waals surface area contributed by atoms with Gasteiger partial charge in [0.2, 0.25) is 5.91 Å². The van der Waals surface area contributed by atoms with Gasteiger partial charge in [0.15, 0.2) is 18.9 Å². The zero-order valence-corrected chi connectivity index (χ0v) is 52.5. The summed E-state index contributed by atoms with van der Waals surface area (Å²) < 4.78 is 34.3. The molecule has 17 unspecified atom stereocenters. The predicted octanol–water partition coefficient (Wildman–Crippen LogP) is 7.71. The largest absolute Gasteiger partial charge is 0.394 e. The van der Waals surface area contributed by atoms with Crippen LogP contribution in [0.2, 0.25) is 0 Å². The Balaban J connectivity index is 1.43. The topological polar surface area (TPSA) is 307 Å². The van der Waals surface area contributed by atoms with E-state index in [0.717, 1.165) is 116 Å². The van der Waals surface area contributed by atoms with Crippen molar-refractivity contribution in [3.63, 3.8) is 0 Å². The molecule has 0 spiro atoms. The number of aliphatic hydroxyl groups excluding tert-OH is 11. The molecule has 19 nitrogen and oxygen atoms in total. The Kier molecular flexibility index (Phi) is 44.3. The maximum Gasteiger partial charge on any atom is 0.220 e. The first-order valence-corrected chi connectivity index (χ1v) is 33.0. The second-order valence-corrected chi connectivity index (χ2v) is 23.2. The molecule has 3 heterocycles. The number of rotatable bonds is 48. The fraction of sp³-hybridized carbons (Fsp3) is 0.750. The summed E-state index contributed by atoms with van der Waals surface area (Å²) in [6, 6.07) is -0.985. The first kappa shape index (κ1) is 78.0. The Morgan fingerprint density at radius 1 is 0.425 bits per heavy atom. The first-order chi connectivity index (χ1) is 42.3. The van der Waals surface area contributed by atoms with Gasteiger partial charge in [0.1, 0.15) is 73.2 Å². The van der Waals surface area contributed by atoms with Gasteiger partial charge in [-0.25, -0.2) is 0 Å². The summed E-state index contributed by atoms with van der Waals surface area (Å²) in [6.07, 6.45) is 36.7. The number of amides is 1. The van der Waals surface area contributed by atoms with E-state index in [9.17, 15) is 61.0 Å². The van der Waals surface area contributed by atoms with E-state index in [0.29, 0.717) is 6.42 Å². The Bertz CT molecular complexity index is 1960. The van der Waals surface area contributed by atoms with Gasteiger partial charge < -0.3 is 89.9 Å². The standard InChI is InChI=1S/C68H115NO18/c1-3-5-7-9-11-13-15-17-18-19-20-21-22-23-24-25-26-27-28-29-30-31-32-34-36-38-40-42-44-46-56(74)69-51(52(73)45-43-41-39-37-35-33-16-14-12-10-8-6-4-2)50-82-66-62(80)59(77)64(54(48-71)84-66)87-68-63(81)60(78)65(55(49-72)85-68)86-67-61(79)58(76)57(75)53(47-70)83-67/h5,7,11,13,17-18,20-21,23-24,26-27,29-30,43,45,51-55,57-68,70-73,75-81H,3-4,6,8-10,12,14-16,19,22,25,28,31-42,44,46-50H2,1-2H3,(H,69,74)/b7-5-,13-11-,18-17-,21-20-,24-23-,27-26-,30-29-,45-43+. The number of unbranched alkanes of at least 4 members (excludes halogenated alkanes) is 18. The molecule has 12 N–H and O–H groups in total. The molecule has 17 atom stereocenters. The van der Waals surface area contributed by atoms with Crippen LogP contribution in [0.4, 0.5) is 0 Å². The Hall–Kier alpha value is -3.29. The van der Waals surface area contributed by atoms with E-state index >= 15 is 0 Å². The summed E-state index contributed by atoms with van der Waals surface area (Å²) in [6.45, 7) is 1.57. The highest BCUT2D eigenvalue weighted by Gasteiger charge is 2.53. The molecule has 3 aliphatic rings. The van der Waals surface area contributed by atoms with E-state index in [-0.39, 0.29) is 18.9 Å². The summed E-state index contributed by atoms with van der Waals surface area (Å²) in [4.78, 5) is 13.4. The minimum atomic E-state index is -1.98. The van der Waals surface area contributed by atoms with E-state index < -0.39 is 124 Å². The zero-order chi connectivity index (χ0) is 63.3. The summed E-state index contributed by atoms with van der Waals surface area (Å²) in [5.41, 5.74) is 0. The second kappa shape index (κ2) is 49.4. The molecule has 87 heavy (non-hydrogen) atoms. The molecule has 0 bridgehead atoms. The number of carbonyl (C=O) groups is 1. The third kappa shape index (κ3) is 32.0. The van der Waals surface area contributed by atoms with Gasteiger partial charge in [-0.3, -0.25) is 4.79 Å².